The van der Waals surface area contributed by atoms with Crippen LogP contribution in [0.4, 0.5) is 0 Å². The summed E-state index contributed by atoms with van der Waals surface area (Å²) in [6, 6.07) is 26.6. The Balaban J connectivity index is 1.33. The van der Waals surface area contributed by atoms with Crippen molar-refractivity contribution in [3.63, 3.8) is 0 Å². The summed E-state index contributed by atoms with van der Waals surface area (Å²) in [5, 5.41) is 0.296. The molecule has 5 aromatic rings. The smallest absolute Gasteiger partial charge is 0.343 e. The lowest BCUT2D eigenvalue weighted by atomic mass is 10.1. The minimum absolute atomic E-state index is 0.0510. The fraction of sp³-hybridized carbons (Fsp3) is 0.0667. The van der Waals surface area contributed by atoms with Crippen LogP contribution >= 0.6 is 0 Å². The second-order valence-corrected chi connectivity index (χ2v) is 8.04. The van der Waals surface area contributed by atoms with Gasteiger partial charge in [0.15, 0.2) is 11.5 Å². The molecule has 1 aromatic heterocycles. The van der Waals surface area contributed by atoms with E-state index in [-0.39, 0.29) is 28.1 Å². The van der Waals surface area contributed by atoms with Crippen LogP contribution < -0.4 is 24.4 Å². The van der Waals surface area contributed by atoms with E-state index in [0.29, 0.717) is 22.6 Å². The first kappa shape index (κ1) is 23.7. The number of rotatable bonds is 7. The molecule has 0 radical (unpaired) electrons. The second-order valence-electron chi connectivity index (χ2n) is 8.04. The van der Waals surface area contributed by atoms with Crippen molar-refractivity contribution in [1.82, 2.24) is 0 Å². The van der Waals surface area contributed by atoms with Gasteiger partial charge in [0, 0.05) is 6.07 Å². The number of hydrogen-bond donors (Lipinski definition) is 0. The van der Waals surface area contributed by atoms with E-state index in [4.69, 9.17) is 23.4 Å². The second kappa shape index (κ2) is 10.3. The van der Waals surface area contributed by atoms with Gasteiger partial charge in [-0.3, -0.25) is 4.79 Å². The first-order valence-corrected chi connectivity index (χ1v) is 11.4. The molecule has 37 heavy (non-hydrogen) atoms. The zero-order valence-electron chi connectivity index (χ0n) is 20.1. The highest BCUT2D eigenvalue weighted by Gasteiger charge is 2.15. The molecule has 7 nitrogen and oxygen atoms in total. The lowest BCUT2D eigenvalue weighted by Crippen LogP contribution is -2.09. The maximum Gasteiger partial charge on any atom is 0.343 e. The molecule has 0 fully saturated rings. The first-order chi connectivity index (χ1) is 18.1. The molecule has 0 amide bonds. The predicted octanol–water partition coefficient (Wildman–Crippen LogP) is 6.49. The molecular weight excluding hydrogens is 472 g/mol. The first-order valence-electron chi connectivity index (χ1n) is 11.4. The van der Waals surface area contributed by atoms with E-state index >= 15 is 0 Å². The van der Waals surface area contributed by atoms with Gasteiger partial charge in [0.2, 0.25) is 11.2 Å². The number of methoxy groups -OCH3 is 2. The fourth-order valence-corrected chi connectivity index (χ4v) is 3.83. The van der Waals surface area contributed by atoms with Gasteiger partial charge in [-0.1, -0.05) is 42.5 Å². The number of fused-ring (bicyclic) bond motifs is 1. The minimum atomic E-state index is -0.596. The number of hydrogen-bond acceptors (Lipinski definition) is 7. The molecule has 5 rings (SSSR count). The van der Waals surface area contributed by atoms with Crippen LogP contribution in [0.2, 0.25) is 0 Å². The van der Waals surface area contributed by atoms with Crippen molar-refractivity contribution in [1.29, 1.82) is 0 Å². The third kappa shape index (κ3) is 5.01. The van der Waals surface area contributed by atoms with Gasteiger partial charge in [-0.15, -0.1) is 0 Å². The van der Waals surface area contributed by atoms with E-state index < -0.39 is 5.97 Å². The minimum Gasteiger partial charge on any atom is -0.493 e. The topological polar surface area (TPSA) is 84.2 Å². The van der Waals surface area contributed by atoms with Gasteiger partial charge in [-0.2, -0.15) is 0 Å². The maximum absolute atomic E-state index is 13.0. The highest BCUT2D eigenvalue weighted by molar-refractivity contribution is 5.92. The van der Waals surface area contributed by atoms with Crippen molar-refractivity contribution in [2.24, 2.45) is 0 Å². The summed E-state index contributed by atoms with van der Waals surface area (Å²) in [6.45, 7) is 0. The monoisotopic (exact) mass is 494 g/mol. The van der Waals surface area contributed by atoms with Crippen LogP contribution in [0.3, 0.4) is 0 Å². The summed E-state index contributed by atoms with van der Waals surface area (Å²) in [5.41, 5.74) is 2.32. The van der Waals surface area contributed by atoms with E-state index in [1.165, 1.54) is 44.7 Å². The van der Waals surface area contributed by atoms with Gasteiger partial charge in [-0.25, -0.2) is 4.79 Å². The molecule has 0 saturated carbocycles. The number of carbonyl (C=O) groups is 1. The Morgan fingerprint density at radius 1 is 0.703 bits per heavy atom. The van der Waals surface area contributed by atoms with Crippen molar-refractivity contribution >= 4 is 16.9 Å². The third-order valence-electron chi connectivity index (χ3n) is 5.73. The van der Waals surface area contributed by atoms with Crippen LogP contribution in [-0.2, 0) is 0 Å². The largest absolute Gasteiger partial charge is 0.493 e. The molecule has 0 atom stereocenters. The maximum atomic E-state index is 13.0. The molecule has 0 saturated heterocycles. The van der Waals surface area contributed by atoms with Crippen LogP contribution in [0, 0.1) is 0 Å². The van der Waals surface area contributed by atoms with E-state index in [2.05, 4.69) is 0 Å². The summed E-state index contributed by atoms with van der Waals surface area (Å²) in [4.78, 5) is 25.6. The van der Waals surface area contributed by atoms with Crippen molar-refractivity contribution in [2.75, 3.05) is 14.2 Å². The number of esters is 1. The van der Waals surface area contributed by atoms with Crippen LogP contribution in [0.25, 0.3) is 22.1 Å². The summed E-state index contributed by atoms with van der Waals surface area (Å²) in [7, 11) is 2.99. The van der Waals surface area contributed by atoms with Crippen molar-refractivity contribution in [2.45, 2.75) is 0 Å². The molecule has 0 aliphatic carbocycles. The van der Waals surface area contributed by atoms with Crippen molar-refractivity contribution < 1.29 is 28.2 Å². The Kier molecular flexibility index (Phi) is 6.59. The van der Waals surface area contributed by atoms with E-state index in [0.717, 1.165) is 11.1 Å². The van der Waals surface area contributed by atoms with Gasteiger partial charge < -0.3 is 23.4 Å². The molecule has 1 heterocycles. The lowest BCUT2D eigenvalue weighted by Gasteiger charge is -2.10. The summed E-state index contributed by atoms with van der Waals surface area (Å²) < 4.78 is 27.3. The van der Waals surface area contributed by atoms with E-state index in [9.17, 15) is 9.59 Å². The van der Waals surface area contributed by atoms with Gasteiger partial charge in [0.05, 0.1) is 25.2 Å². The normalized spacial score (nSPS) is 10.6. The highest BCUT2D eigenvalue weighted by Crippen LogP contribution is 2.29. The Morgan fingerprint density at radius 3 is 2.14 bits per heavy atom. The Bertz CT molecular complexity index is 1620. The predicted molar refractivity (Wildman–Crippen MR) is 139 cm³/mol. The zero-order valence-corrected chi connectivity index (χ0v) is 20.1. The fourth-order valence-electron chi connectivity index (χ4n) is 3.83. The summed E-state index contributed by atoms with van der Waals surface area (Å²) >= 11 is 0. The number of benzene rings is 4. The van der Waals surface area contributed by atoms with Gasteiger partial charge in [0.25, 0.3) is 0 Å². The van der Waals surface area contributed by atoms with Crippen molar-refractivity contribution in [3.8, 4) is 39.9 Å². The van der Waals surface area contributed by atoms with Crippen LogP contribution in [-0.4, -0.2) is 20.2 Å². The molecule has 0 spiro atoms. The highest BCUT2D eigenvalue weighted by atomic mass is 16.5. The van der Waals surface area contributed by atoms with Crippen LogP contribution in [0.1, 0.15) is 10.4 Å². The van der Waals surface area contributed by atoms with Gasteiger partial charge in [-0.05, 0) is 53.6 Å². The van der Waals surface area contributed by atoms with Crippen molar-refractivity contribution in [3.05, 3.63) is 113 Å². The molecule has 7 heteroatoms. The van der Waals surface area contributed by atoms with Crippen LogP contribution in [0.15, 0.2) is 106 Å². The number of carbonyl (C=O) groups excluding carboxylic acids is 1. The lowest BCUT2D eigenvalue weighted by molar-refractivity contribution is 0.0734. The van der Waals surface area contributed by atoms with E-state index in [1.807, 2.05) is 42.5 Å². The zero-order chi connectivity index (χ0) is 25.8. The molecular formula is C30H22O7. The number of ether oxygens (including phenoxy) is 4. The molecule has 0 aliphatic heterocycles. The Labute approximate surface area is 212 Å². The van der Waals surface area contributed by atoms with Crippen LogP contribution in [0.5, 0.6) is 28.7 Å². The van der Waals surface area contributed by atoms with E-state index in [1.54, 1.807) is 24.3 Å². The molecule has 0 bridgehead atoms. The molecule has 4 aromatic carbocycles. The SMILES string of the molecule is COc1ccc(C(=O)Oc2ccc3c(=O)c(Oc4ccc(-c5ccccc5)cc4)coc3c2)cc1OC. The molecule has 0 aliphatic rings. The molecule has 0 N–H and O–H groups in total. The Hall–Kier alpha value is -5.04. The average Bonchev–Trinajstić information content (AvgIpc) is 2.95. The molecule has 0 unspecified atom stereocenters. The third-order valence-corrected chi connectivity index (χ3v) is 5.73. The van der Waals surface area contributed by atoms with Gasteiger partial charge >= 0.3 is 5.97 Å². The summed E-state index contributed by atoms with van der Waals surface area (Å²) in [5.74, 6) is 1.09. The van der Waals surface area contributed by atoms with Gasteiger partial charge in [0.1, 0.15) is 23.3 Å². The standard InChI is InChI=1S/C30H22O7/c1-33-25-15-10-21(16-27(25)34-2)30(32)37-23-13-14-24-26(17-23)35-18-28(29(24)31)36-22-11-8-20(9-12-22)19-6-4-3-5-7-19/h3-18H,1-2H3. The quantitative estimate of drug-likeness (QED) is 0.189. The Morgan fingerprint density at radius 2 is 1.41 bits per heavy atom. The molecule has 184 valence electrons. The summed E-state index contributed by atoms with van der Waals surface area (Å²) in [6.07, 6.45) is 1.25. The average molecular weight is 494 g/mol.